The average molecular weight is 495 g/mol. The monoisotopic (exact) mass is 494 g/mol. The SMILES string of the molecule is N#Cc1ccc(Nc2nc(Cc3c(Cl)cccc3Cl)cc(NCCCN3CCCC3=O)n2)cc1. The maximum atomic E-state index is 11.8. The number of hydrogen-bond acceptors (Lipinski definition) is 6. The molecule has 1 aliphatic heterocycles. The maximum Gasteiger partial charge on any atom is 0.229 e. The molecule has 0 spiro atoms. The van der Waals surface area contributed by atoms with Crippen molar-refractivity contribution in [2.24, 2.45) is 0 Å². The van der Waals surface area contributed by atoms with E-state index >= 15 is 0 Å². The minimum atomic E-state index is 0.231. The minimum absolute atomic E-state index is 0.231. The Morgan fingerprint density at radius 3 is 2.53 bits per heavy atom. The van der Waals surface area contributed by atoms with Crippen LogP contribution in [0, 0.1) is 11.3 Å². The lowest BCUT2D eigenvalue weighted by Gasteiger charge is -2.16. The first kappa shape index (κ1) is 23.8. The Kier molecular flexibility index (Phi) is 7.84. The fraction of sp³-hybridized carbons (Fsp3) is 0.280. The van der Waals surface area contributed by atoms with Gasteiger partial charge < -0.3 is 15.5 Å². The normalized spacial score (nSPS) is 13.1. The van der Waals surface area contributed by atoms with Crippen molar-refractivity contribution in [1.29, 1.82) is 5.26 Å². The highest BCUT2D eigenvalue weighted by Gasteiger charge is 2.19. The van der Waals surface area contributed by atoms with E-state index in [0.29, 0.717) is 46.8 Å². The first-order chi connectivity index (χ1) is 16.5. The number of amides is 1. The number of benzene rings is 2. The number of hydrogen-bond donors (Lipinski definition) is 2. The smallest absolute Gasteiger partial charge is 0.229 e. The maximum absolute atomic E-state index is 11.8. The molecule has 1 aliphatic rings. The summed E-state index contributed by atoms with van der Waals surface area (Å²) >= 11 is 12.8. The Balaban J connectivity index is 1.51. The molecular formula is C25H24Cl2N6O. The van der Waals surface area contributed by atoms with Gasteiger partial charge in [0.2, 0.25) is 11.9 Å². The van der Waals surface area contributed by atoms with Gasteiger partial charge in [-0.1, -0.05) is 29.3 Å². The third-order valence-electron chi connectivity index (χ3n) is 5.55. The molecule has 0 atom stereocenters. The third-order valence-corrected chi connectivity index (χ3v) is 6.26. The molecule has 7 nitrogen and oxygen atoms in total. The summed E-state index contributed by atoms with van der Waals surface area (Å²) in [4.78, 5) is 23.0. The standard InChI is InChI=1S/C25H24Cl2N6O/c26-21-4-1-5-22(27)20(21)14-19-15-23(29-11-3-13-33-12-2-6-24(33)34)32-25(31-19)30-18-9-7-17(16-28)8-10-18/h1,4-5,7-10,15H,2-3,6,11-14H2,(H2,29,30,31,32). The molecule has 1 amide bonds. The number of rotatable bonds is 9. The molecule has 3 aromatic rings. The van der Waals surface area contributed by atoms with Crippen molar-refractivity contribution in [2.75, 3.05) is 30.3 Å². The van der Waals surface area contributed by atoms with Crippen molar-refractivity contribution in [3.8, 4) is 6.07 Å². The van der Waals surface area contributed by atoms with Gasteiger partial charge in [-0.15, -0.1) is 0 Å². The molecule has 0 saturated carbocycles. The lowest BCUT2D eigenvalue weighted by atomic mass is 10.1. The van der Waals surface area contributed by atoms with Crippen LogP contribution in [-0.2, 0) is 11.2 Å². The topological polar surface area (TPSA) is 93.9 Å². The molecule has 1 aromatic heterocycles. The third kappa shape index (κ3) is 6.16. The second-order valence-corrected chi connectivity index (χ2v) is 8.84. The fourth-order valence-electron chi connectivity index (χ4n) is 3.80. The molecule has 2 N–H and O–H groups in total. The summed E-state index contributed by atoms with van der Waals surface area (Å²) in [6, 6.07) is 16.5. The second-order valence-electron chi connectivity index (χ2n) is 8.02. The molecule has 0 bridgehead atoms. The number of nitrogens with zero attached hydrogens (tertiary/aromatic N) is 4. The zero-order chi connectivity index (χ0) is 23.9. The van der Waals surface area contributed by atoms with Gasteiger partial charge in [-0.05, 0) is 54.8 Å². The Bertz CT molecular complexity index is 1190. The van der Waals surface area contributed by atoms with Gasteiger partial charge in [-0.2, -0.15) is 10.2 Å². The Hall–Kier alpha value is -3.34. The molecule has 0 unspecified atom stereocenters. The predicted octanol–water partition coefficient (Wildman–Crippen LogP) is 5.41. The van der Waals surface area contributed by atoms with Crippen LogP contribution in [0.15, 0.2) is 48.5 Å². The van der Waals surface area contributed by atoms with Crippen molar-refractivity contribution in [2.45, 2.75) is 25.7 Å². The van der Waals surface area contributed by atoms with Crippen LogP contribution in [-0.4, -0.2) is 40.4 Å². The summed E-state index contributed by atoms with van der Waals surface area (Å²) in [5.41, 5.74) is 2.89. The van der Waals surface area contributed by atoms with E-state index < -0.39 is 0 Å². The van der Waals surface area contributed by atoms with Gasteiger partial charge in [0.1, 0.15) is 5.82 Å². The van der Waals surface area contributed by atoms with Crippen LogP contribution in [0.4, 0.5) is 17.5 Å². The van der Waals surface area contributed by atoms with Crippen molar-refractivity contribution >= 4 is 46.6 Å². The Morgan fingerprint density at radius 2 is 1.85 bits per heavy atom. The van der Waals surface area contributed by atoms with E-state index in [1.807, 2.05) is 17.0 Å². The second kappa shape index (κ2) is 11.2. The Morgan fingerprint density at radius 1 is 1.09 bits per heavy atom. The highest BCUT2D eigenvalue weighted by molar-refractivity contribution is 6.36. The van der Waals surface area contributed by atoms with E-state index in [1.54, 1.807) is 36.4 Å². The van der Waals surface area contributed by atoms with E-state index in [9.17, 15) is 4.79 Å². The van der Waals surface area contributed by atoms with Gasteiger partial charge in [0.15, 0.2) is 0 Å². The largest absolute Gasteiger partial charge is 0.370 e. The van der Waals surface area contributed by atoms with Gasteiger partial charge in [0.05, 0.1) is 17.3 Å². The van der Waals surface area contributed by atoms with E-state index in [-0.39, 0.29) is 5.91 Å². The Labute approximate surface area is 208 Å². The molecule has 1 saturated heterocycles. The van der Waals surface area contributed by atoms with Gasteiger partial charge in [0, 0.05) is 54.3 Å². The number of nitriles is 1. The molecule has 1 fully saturated rings. The zero-order valence-corrected chi connectivity index (χ0v) is 20.0. The lowest BCUT2D eigenvalue weighted by Crippen LogP contribution is -2.27. The number of likely N-dealkylation sites (tertiary alicyclic amines) is 1. The molecule has 34 heavy (non-hydrogen) atoms. The molecule has 2 heterocycles. The molecule has 4 rings (SSSR count). The molecule has 9 heteroatoms. The highest BCUT2D eigenvalue weighted by Crippen LogP contribution is 2.27. The summed E-state index contributed by atoms with van der Waals surface area (Å²) in [7, 11) is 0. The van der Waals surface area contributed by atoms with Crippen molar-refractivity contribution < 1.29 is 4.79 Å². The van der Waals surface area contributed by atoms with Gasteiger partial charge in [0.25, 0.3) is 0 Å². The van der Waals surface area contributed by atoms with Crippen LogP contribution < -0.4 is 10.6 Å². The van der Waals surface area contributed by atoms with Crippen LogP contribution in [0.2, 0.25) is 10.0 Å². The number of nitrogens with one attached hydrogen (secondary N) is 2. The van der Waals surface area contributed by atoms with Gasteiger partial charge >= 0.3 is 0 Å². The van der Waals surface area contributed by atoms with E-state index in [1.165, 1.54) is 0 Å². The first-order valence-electron chi connectivity index (χ1n) is 11.1. The molecule has 0 radical (unpaired) electrons. The minimum Gasteiger partial charge on any atom is -0.370 e. The number of aromatic nitrogens is 2. The van der Waals surface area contributed by atoms with Crippen molar-refractivity contribution in [3.63, 3.8) is 0 Å². The predicted molar refractivity (Wildman–Crippen MR) is 135 cm³/mol. The van der Waals surface area contributed by atoms with Crippen LogP contribution in [0.5, 0.6) is 0 Å². The average Bonchev–Trinajstić information content (AvgIpc) is 3.24. The molecule has 2 aromatic carbocycles. The number of carbonyl (C=O) groups excluding carboxylic acids is 1. The zero-order valence-electron chi connectivity index (χ0n) is 18.5. The lowest BCUT2D eigenvalue weighted by molar-refractivity contribution is -0.127. The highest BCUT2D eigenvalue weighted by atomic mass is 35.5. The van der Waals surface area contributed by atoms with Crippen molar-refractivity contribution in [3.05, 3.63) is 75.4 Å². The summed E-state index contributed by atoms with van der Waals surface area (Å²) in [6.07, 6.45) is 2.86. The van der Waals surface area contributed by atoms with E-state index in [2.05, 4.69) is 26.7 Å². The van der Waals surface area contributed by atoms with Crippen molar-refractivity contribution in [1.82, 2.24) is 14.9 Å². The number of anilines is 3. The van der Waals surface area contributed by atoms with E-state index in [0.717, 1.165) is 42.9 Å². The summed E-state index contributed by atoms with van der Waals surface area (Å²) in [6.45, 7) is 2.24. The van der Waals surface area contributed by atoms with Crippen LogP contribution in [0.25, 0.3) is 0 Å². The first-order valence-corrected chi connectivity index (χ1v) is 11.9. The van der Waals surface area contributed by atoms with Gasteiger partial charge in [-0.25, -0.2) is 4.98 Å². The molecule has 0 aliphatic carbocycles. The van der Waals surface area contributed by atoms with Crippen LogP contribution in [0.3, 0.4) is 0 Å². The quantitative estimate of drug-likeness (QED) is 0.386. The molecular weight excluding hydrogens is 471 g/mol. The van der Waals surface area contributed by atoms with Crippen LogP contribution >= 0.6 is 23.2 Å². The number of carbonyl (C=O) groups is 1. The van der Waals surface area contributed by atoms with Gasteiger partial charge in [-0.3, -0.25) is 4.79 Å². The van der Waals surface area contributed by atoms with E-state index in [4.69, 9.17) is 28.5 Å². The molecule has 174 valence electrons. The summed E-state index contributed by atoms with van der Waals surface area (Å²) in [5.74, 6) is 1.31. The van der Waals surface area contributed by atoms with Crippen LogP contribution in [0.1, 0.15) is 36.1 Å². The fourth-order valence-corrected chi connectivity index (χ4v) is 4.33. The summed E-state index contributed by atoms with van der Waals surface area (Å²) in [5, 5.41) is 16.7. The summed E-state index contributed by atoms with van der Waals surface area (Å²) < 4.78 is 0. The number of halogens is 2.